The maximum absolute atomic E-state index is 11.2. The Bertz CT molecular complexity index is 250. The monoisotopic (exact) mass is 202 g/mol. The second-order valence-electron chi connectivity index (χ2n) is 3.29. The molecule has 2 atom stereocenters. The zero-order valence-electron chi connectivity index (χ0n) is 8.28. The Morgan fingerprint density at radius 1 is 1.71 bits per heavy atom. The molecule has 0 aromatic carbocycles. The Labute approximate surface area is 82.0 Å². The van der Waals surface area contributed by atoms with Crippen molar-refractivity contribution in [3.8, 4) is 0 Å². The van der Waals surface area contributed by atoms with Crippen LogP contribution in [0.2, 0.25) is 0 Å². The molecule has 1 saturated carbocycles. The first-order chi connectivity index (χ1) is 6.56. The maximum atomic E-state index is 11.2. The van der Waals surface area contributed by atoms with Crippen LogP contribution in [0.4, 0.5) is 0 Å². The number of carbonyl (C=O) groups excluding carboxylic acids is 2. The summed E-state index contributed by atoms with van der Waals surface area (Å²) >= 11 is 0. The Balaban J connectivity index is 2.56. The van der Waals surface area contributed by atoms with Crippen molar-refractivity contribution in [2.24, 2.45) is 5.41 Å². The molecule has 1 aliphatic carbocycles. The third-order valence-electron chi connectivity index (χ3n) is 2.33. The van der Waals surface area contributed by atoms with Gasteiger partial charge in [0.05, 0.1) is 7.11 Å². The molecule has 0 aliphatic heterocycles. The van der Waals surface area contributed by atoms with Crippen molar-refractivity contribution in [3.63, 3.8) is 0 Å². The van der Waals surface area contributed by atoms with Crippen molar-refractivity contribution in [1.29, 1.82) is 0 Å². The van der Waals surface area contributed by atoms with Gasteiger partial charge >= 0.3 is 5.97 Å². The first kappa shape index (κ1) is 11.1. The summed E-state index contributed by atoms with van der Waals surface area (Å²) in [5.74, 6) is -0.774. The molecule has 14 heavy (non-hydrogen) atoms. The van der Waals surface area contributed by atoms with E-state index in [4.69, 9.17) is 4.74 Å². The van der Waals surface area contributed by atoms with E-state index in [0.29, 0.717) is 6.61 Å². The molecule has 0 radical (unpaired) electrons. The van der Waals surface area contributed by atoms with Gasteiger partial charge in [0, 0.05) is 19.4 Å². The summed E-state index contributed by atoms with van der Waals surface area (Å²) in [7, 11) is 1.22. The van der Waals surface area contributed by atoms with E-state index in [1.54, 1.807) is 6.92 Å². The largest absolute Gasteiger partial charge is 0.468 e. The SMILES string of the molecule is CCOC(O)CC1(C(=O)OC)CC1=O. The van der Waals surface area contributed by atoms with Gasteiger partial charge in [0.15, 0.2) is 12.1 Å². The molecule has 0 amide bonds. The van der Waals surface area contributed by atoms with Gasteiger partial charge in [-0.1, -0.05) is 0 Å². The minimum atomic E-state index is -1.14. The van der Waals surface area contributed by atoms with E-state index in [1.165, 1.54) is 7.11 Å². The number of carbonyl (C=O) groups is 2. The number of esters is 1. The smallest absolute Gasteiger partial charge is 0.320 e. The lowest BCUT2D eigenvalue weighted by atomic mass is 10.0. The zero-order valence-corrected chi connectivity index (χ0v) is 8.28. The van der Waals surface area contributed by atoms with Crippen molar-refractivity contribution < 1.29 is 24.2 Å². The summed E-state index contributed by atoms with van der Waals surface area (Å²) in [6.45, 7) is 2.06. The number of rotatable bonds is 5. The van der Waals surface area contributed by atoms with Crippen LogP contribution >= 0.6 is 0 Å². The van der Waals surface area contributed by atoms with Crippen LogP contribution in [0, 0.1) is 5.41 Å². The Morgan fingerprint density at radius 3 is 2.64 bits per heavy atom. The normalized spacial score (nSPS) is 27.2. The van der Waals surface area contributed by atoms with Crippen LogP contribution in [0.3, 0.4) is 0 Å². The van der Waals surface area contributed by atoms with E-state index in [-0.39, 0.29) is 18.6 Å². The van der Waals surface area contributed by atoms with Gasteiger partial charge in [-0.05, 0) is 6.92 Å². The quantitative estimate of drug-likeness (QED) is 0.381. The predicted molar refractivity (Wildman–Crippen MR) is 46.3 cm³/mol. The fraction of sp³-hybridized carbons (Fsp3) is 0.778. The number of aliphatic hydroxyl groups is 1. The first-order valence-corrected chi connectivity index (χ1v) is 4.48. The highest BCUT2D eigenvalue weighted by atomic mass is 16.6. The van der Waals surface area contributed by atoms with Crippen LogP contribution in [0.5, 0.6) is 0 Å². The summed E-state index contributed by atoms with van der Waals surface area (Å²) < 4.78 is 9.36. The highest BCUT2D eigenvalue weighted by molar-refractivity contribution is 6.17. The molecule has 5 heteroatoms. The van der Waals surface area contributed by atoms with E-state index in [9.17, 15) is 14.7 Å². The first-order valence-electron chi connectivity index (χ1n) is 4.48. The van der Waals surface area contributed by atoms with Gasteiger partial charge in [-0.15, -0.1) is 0 Å². The minimum Gasteiger partial charge on any atom is -0.468 e. The van der Waals surface area contributed by atoms with Crippen molar-refractivity contribution in [3.05, 3.63) is 0 Å². The van der Waals surface area contributed by atoms with E-state index in [1.807, 2.05) is 0 Å². The van der Waals surface area contributed by atoms with Gasteiger partial charge in [0.2, 0.25) is 0 Å². The topological polar surface area (TPSA) is 72.8 Å². The molecule has 1 rings (SSSR count). The van der Waals surface area contributed by atoms with Gasteiger partial charge < -0.3 is 14.6 Å². The van der Waals surface area contributed by atoms with Crippen LogP contribution < -0.4 is 0 Å². The number of aliphatic hydroxyl groups excluding tert-OH is 1. The van der Waals surface area contributed by atoms with Crippen molar-refractivity contribution in [2.45, 2.75) is 26.1 Å². The molecule has 1 fully saturated rings. The molecule has 0 bridgehead atoms. The Hall–Kier alpha value is -0.940. The van der Waals surface area contributed by atoms with Crippen LogP contribution in [0.15, 0.2) is 0 Å². The second-order valence-corrected chi connectivity index (χ2v) is 3.29. The van der Waals surface area contributed by atoms with Gasteiger partial charge in [0.25, 0.3) is 0 Å². The number of hydrogen-bond donors (Lipinski definition) is 1. The van der Waals surface area contributed by atoms with Gasteiger partial charge in [-0.3, -0.25) is 9.59 Å². The molecule has 1 N–H and O–H groups in total. The standard InChI is InChI=1S/C9H14O5/c1-3-14-7(11)5-9(4-6(9)10)8(12)13-2/h7,11H,3-5H2,1-2H3. The van der Waals surface area contributed by atoms with Gasteiger partial charge in [-0.2, -0.15) is 0 Å². The Kier molecular flexibility index (Phi) is 3.23. The number of Topliss-reactive ketones (excluding diaryl/α,β-unsaturated/α-hetero) is 1. The van der Waals surface area contributed by atoms with Crippen LogP contribution in [0.1, 0.15) is 19.8 Å². The van der Waals surface area contributed by atoms with Crippen molar-refractivity contribution in [2.75, 3.05) is 13.7 Å². The lowest BCUT2D eigenvalue weighted by Crippen LogP contribution is -2.27. The number of ketones is 1. The summed E-state index contributed by atoms with van der Waals surface area (Å²) in [5.41, 5.74) is -1.14. The van der Waals surface area contributed by atoms with E-state index >= 15 is 0 Å². The zero-order chi connectivity index (χ0) is 10.8. The summed E-state index contributed by atoms with van der Waals surface area (Å²) in [4.78, 5) is 22.3. The lowest BCUT2D eigenvalue weighted by molar-refractivity contribution is -0.157. The maximum Gasteiger partial charge on any atom is 0.320 e. The second kappa shape index (κ2) is 4.06. The molecule has 80 valence electrons. The van der Waals surface area contributed by atoms with E-state index < -0.39 is 17.7 Å². The van der Waals surface area contributed by atoms with Crippen LogP contribution in [0.25, 0.3) is 0 Å². The third kappa shape index (κ3) is 1.93. The van der Waals surface area contributed by atoms with Crippen molar-refractivity contribution >= 4 is 11.8 Å². The average molecular weight is 202 g/mol. The molecule has 2 unspecified atom stereocenters. The fourth-order valence-corrected chi connectivity index (χ4v) is 1.43. The number of ether oxygens (including phenoxy) is 2. The molecular weight excluding hydrogens is 188 g/mol. The molecular formula is C9H14O5. The minimum absolute atomic E-state index is 0.00759. The summed E-state index contributed by atoms with van der Waals surface area (Å²) in [6.07, 6.45) is -0.943. The molecule has 1 aliphatic rings. The summed E-state index contributed by atoms with van der Waals surface area (Å²) in [6, 6.07) is 0. The molecule has 0 spiro atoms. The number of hydrogen-bond acceptors (Lipinski definition) is 5. The fourth-order valence-electron chi connectivity index (χ4n) is 1.43. The van der Waals surface area contributed by atoms with E-state index in [0.717, 1.165) is 0 Å². The molecule has 0 aromatic heterocycles. The predicted octanol–water partition coefficient (Wildman–Crippen LogP) is -0.136. The van der Waals surface area contributed by atoms with Gasteiger partial charge in [0.1, 0.15) is 5.41 Å². The van der Waals surface area contributed by atoms with Crippen molar-refractivity contribution in [1.82, 2.24) is 0 Å². The average Bonchev–Trinajstić information content (AvgIpc) is 2.77. The molecule has 5 nitrogen and oxygen atoms in total. The van der Waals surface area contributed by atoms with Crippen LogP contribution in [-0.4, -0.2) is 36.9 Å². The van der Waals surface area contributed by atoms with Gasteiger partial charge in [-0.25, -0.2) is 0 Å². The third-order valence-corrected chi connectivity index (χ3v) is 2.33. The number of methoxy groups -OCH3 is 1. The van der Waals surface area contributed by atoms with E-state index in [2.05, 4.69) is 4.74 Å². The highest BCUT2D eigenvalue weighted by Gasteiger charge is 2.62. The molecule has 0 heterocycles. The molecule has 0 aromatic rings. The highest BCUT2D eigenvalue weighted by Crippen LogP contribution is 2.46. The molecule has 0 saturated heterocycles. The Morgan fingerprint density at radius 2 is 2.29 bits per heavy atom. The summed E-state index contributed by atoms with van der Waals surface area (Å²) in [5, 5.41) is 9.30. The lowest BCUT2D eigenvalue weighted by Gasteiger charge is -2.15. The van der Waals surface area contributed by atoms with Crippen LogP contribution in [-0.2, 0) is 19.1 Å².